The number of benzene rings is 1. The third-order valence-electron chi connectivity index (χ3n) is 3.09. The van der Waals surface area contributed by atoms with Crippen molar-refractivity contribution in [3.8, 4) is 0 Å². The number of aryl methyl sites for hydroxylation is 2. The highest BCUT2D eigenvalue weighted by molar-refractivity contribution is 6.09. The van der Waals surface area contributed by atoms with E-state index in [1.165, 1.54) is 5.56 Å². The molecule has 0 spiro atoms. The molecule has 3 nitrogen and oxygen atoms in total. The highest BCUT2D eigenvalue weighted by Gasteiger charge is 2.15. The van der Waals surface area contributed by atoms with Crippen molar-refractivity contribution >= 4 is 5.78 Å². The van der Waals surface area contributed by atoms with Crippen LogP contribution in [-0.4, -0.2) is 15.6 Å². The van der Waals surface area contributed by atoms with Crippen LogP contribution in [-0.2, 0) is 13.5 Å². The summed E-state index contributed by atoms with van der Waals surface area (Å²) in [5.74, 6) is 0.640. The van der Waals surface area contributed by atoms with Crippen LogP contribution in [0.5, 0.6) is 0 Å². The Morgan fingerprint density at radius 1 is 1.37 bits per heavy atom. The fourth-order valence-electron chi connectivity index (χ4n) is 2.29. The Labute approximate surface area is 114 Å². The lowest BCUT2D eigenvalue weighted by Gasteiger charge is -2.06. The van der Waals surface area contributed by atoms with Gasteiger partial charge >= 0.3 is 0 Å². The lowest BCUT2D eigenvalue weighted by Crippen LogP contribution is -2.03. The molecule has 0 N–H and O–H groups in total. The number of ketones is 1. The van der Waals surface area contributed by atoms with Gasteiger partial charge in [-0.1, -0.05) is 32.0 Å². The molecule has 0 fully saturated rings. The van der Waals surface area contributed by atoms with E-state index >= 15 is 0 Å². The first kappa shape index (κ1) is 13.5. The second-order valence-electron chi connectivity index (χ2n) is 5.43. The van der Waals surface area contributed by atoms with E-state index in [0.717, 1.165) is 17.7 Å². The molecule has 0 aliphatic carbocycles. The first-order valence-corrected chi connectivity index (χ1v) is 6.61. The Balaban J connectivity index is 2.31. The van der Waals surface area contributed by atoms with Gasteiger partial charge in [-0.25, -0.2) is 0 Å². The van der Waals surface area contributed by atoms with E-state index in [-0.39, 0.29) is 5.78 Å². The van der Waals surface area contributed by atoms with Crippen molar-refractivity contribution in [2.45, 2.75) is 27.2 Å². The molecular formula is C16H20N2O. The number of carbonyl (C=O) groups excluding carboxylic acids is 1. The van der Waals surface area contributed by atoms with Crippen LogP contribution in [0.15, 0.2) is 30.5 Å². The molecule has 100 valence electrons. The van der Waals surface area contributed by atoms with Gasteiger partial charge < -0.3 is 0 Å². The molecular weight excluding hydrogens is 236 g/mol. The number of nitrogens with zero attached hydrogens (tertiary/aromatic N) is 2. The lowest BCUT2D eigenvalue weighted by atomic mass is 9.97. The van der Waals surface area contributed by atoms with Gasteiger partial charge in [0.25, 0.3) is 0 Å². The average Bonchev–Trinajstić information content (AvgIpc) is 2.67. The topological polar surface area (TPSA) is 34.9 Å². The minimum absolute atomic E-state index is 0.0520. The molecule has 0 aliphatic rings. The van der Waals surface area contributed by atoms with E-state index in [2.05, 4.69) is 25.0 Å². The molecule has 3 heteroatoms. The van der Waals surface area contributed by atoms with Crippen LogP contribution in [0.25, 0.3) is 0 Å². The van der Waals surface area contributed by atoms with Crippen molar-refractivity contribution in [2.75, 3.05) is 0 Å². The molecule has 0 saturated carbocycles. The summed E-state index contributed by atoms with van der Waals surface area (Å²) in [5, 5.41) is 4.22. The zero-order valence-electron chi connectivity index (χ0n) is 12.0. The fraction of sp³-hybridized carbons (Fsp3) is 0.375. The molecule has 1 heterocycles. The highest BCUT2D eigenvalue weighted by atomic mass is 16.1. The van der Waals surface area contributed by atoms with Gasteiger partial charge in [-0.3, -0.25) is 9.48 Å². The van der Waals surface area contributed by atoms with E-state index < -0.39 is 0 Å². The molecule has 0 unspecified atom stereocenters. The summed E-state index contributed by atoms with van der Waals surface area (Å²) in [5.41, 5.74) is 3.42. The molecule has 0 amide bonds. The van der Waals surface area contributed by atoms with Crippen LogP contribution in [0.3, 0.4) is 0 Å². The van der Waals surface area contributed by atoms with Crippen molar-refractivity contribution in [3.05, 3.63) is 52.8 Å². The van der Waals surface area contributed by atoms with Crippen molar-refractivity contribution in [1.82, 2.24) is 9.78 Å². The summed E-state index contributed by atoms with van der Waals surface area (Å²) in [7, 11) is 1.83. The predicted molar refractivity (Wildman–Crippen MR) is 76.4 cm³/mol. The van der Waals surface area contributed by atoms with E-state index in [4.69, 9.17) is 0 Å². The average molecular weight is 256 g/mol. The van der Waals surface area contributed by atoms with Crippen LogP contribution in [0.2, 0.25) is 0 Å². The number of aromatic nitrogens is 2. The van der Waals surface area contributed by atoms with Gasteiger partial charge in [0, 0.05) is 18.8 Å². The maximum Gasteiger partial charge on any atom is 0.196 e. The van der Waals surface area contributed by atoms with E-state index in [1.807, 2.05) is 32.2 Å². The van der Waals surface area contributed by atoms with Crippen LogP contribution in [0, 0.1) is 12.8 Å². The molecule has 0 atom stereocenters. The zero-order valence-corrected chi connectivity index (χ0v) is 12.0. The third-order valence-corrected chi connectivity index (χ3v) is 3.09. The Morgan fingerprint density at radius 2 is 2.11 bits per heavy atom. The maximum atomic E-state index is 12.5. The molecule has 2 rings (SSSR count). The summed E-state index contributed by atoms with van der Waals surface area (Å²) < 4.78 is 1.68. The largest absolute Gasteiger partial charge is 0.288 e. The van der Waals surface area contributed by atoms with Crippen LogP contribution >= 0.6 is 0 Å². The quantitative estimate of drug-likeness (QED) is 0.788. The Hall–Kier alpha value is -1.90. The van der Waals surface area contributed by atoms with Crippen LogP contribution in [0.4, 0.5) is 0 Å². The summed E-state index contributed by atoms with van der Waals surface area (Å²) in [6, 6.07) is 7.90. The molecule has 0 bridgehead atoms. The Morgan fingerprint density at radius 3 is 2.68 bits per heavy atom. The van der Waals surface area contributed by atoms with Gasteiger partial charge in [-0.15, -0.1) is 0 Å². The molecule has 2 aromatic rings. The summed E-state index contributed by atoms with van der Waals surface area (Å²) in [4.78, 5) is 12.5. The van der Waals surface area contributed by atoms with Gasteiger partial charge in [-0.2, -0.15) is 5.10 Å². The lowest BCUT2D eigenvalue weighted by molar-refractivity contribution is 0.103. The van der Waals surface area contributed by atoms with E-state index in [9.17, 15) is 4.79 Å². The summed E-state index contributed by atoms with van der Waals surface area (Å²) >= 11 is 0. The molecule has 1 aromatic carbocycles. The molecule has 19 heavy (non-hydrogen) atoms. The summed E-state index contributed by atoms with van der Waals surface area (Å²) in [6.45, 7) is 6.23. The Kier molecular flexibility index (Phi) is 3.84. The SMILES string of the molecule is Cc1nn(C)cc1C(=O)c1cccc(CC(C)C)c1. The minimum atomic E-state index is 0.0520. The fourth-order valence-corrected chi connectivity index (χ4v) is 2.29. The first-order chi connectivity index (χ1) is 8.97. The summed E-state index contributed by atoms with van der Waals surface area (Å²) in [6.07, 6.45) is 2.78. The Bertz CT molecular complexity index is 597. The van der Waals surface area contributed by atoms with Gasteiger partial charge in [0.15, 0.2) is 5.78 Å². The highest BCUT2D eigenvalue weighted by Crippen LogP contribution is 2.16. The van der Waals surface area contributed by atoms with Crippen LogP contribution < -0.4 is 0 Å². The third kappa shape index (κ3) is 3.11. The second kappa shape index (κ2) is 5.39. The number of rotatable bonds is 4. The van der Waals surface area contributed by atoms with Crippen molar-refractivity contribution in [3.63, 3.8) is 0 Å². The number of hydrogen-bond acceptors (Lipinski definition) is 2. The van der Waals surface area contributed by atoms with Crippen molar-refractivity contribution in [2.24, 2.45) is 13.0 Å². The number of carbonyl (C=O) groups is 1. The van der Waals surface area contributed by atoms with Gasteiger partial charge in [-0.05, 0) is 30.9 Å². The van der Waals surface area contributed by atoms with Crippen molar-refractivity contribution < 1.29 is 4.79 Å². The molecule has 0 saturated heterocycles. The van der Waals surface area contributed by atoms with Crippen LogP contribution in [0.1, 0.15) is 41.0 Å². The van der Waals surface area contributed by atoms with Gasteiger partial charge in [0.05, 0.1) is 11.3 Å². The maximum absolute atomic E-state index is 12.5. The first-order valence-electron chi connectivity index (χ1n) is 6.61. The smallest absolute Gasteiger partial charge is 0.196 e. The second-order valence-corrected chi connectivity index (χ2v) is 5.43. The van der Waals surface area contributed by atoms with Gasteiger partial charge in [0.2, 0.25) is 0 Å². The van der Waals surface area contributed by atoms with Gasteiger partial charge in [0.1, 0.15) is 0 Å². The molecule has 1 aromatic heterocycles. The van der Waals surface area contributed by atoms with E-state index in [0.29, 0.717) is 11.5 Å². The minimum Gasteiger partial charge on any atom is -0.288 e. The van der Waals surface area contributed by atoms with E-state index in [1.54, 1.807) is 10.9 Å². The zero-order chi connectivity index (χ0) is 14.0. The molecule has 0 radical (unpaired) electrons. The normalized spacial score (nSPS) is 11.0. The number of hydrogen-bond donors (Lipinski definition) is 0. The monoisotopic (exact) mass is 256 g/mol. The predicted octanol–water partition coefficient (Wildman–Crippen LogP) is 3.16. The molecule has 0 aliphatic heterocycles. The standard InChI is InChI=1S/C16H20N2O/c1-11(2)8-13-6-5-7-14(9-13)16(19)15-10-18(4)17-12(15)3/h5-7,9-11H,8H2,1-4H3. The van der Waals surface area contributed by atoms with Crippen molar-refractivity contribution in [1.29, 1.82) is 0 Å².